The highest BCUT2D eigenvalue weighted by atomic mass is 19.4. The molecular weight excluding hydrogens is 293 g/mol. The number of hydrogen-bond donors (Lipinski definition) is 1. The predicted octanol–water partition coefficient (Wildman–Crippen LogP) is 2.32. The van der Waals surface area contributed by atoms with Crippen LogP contribution < -0.4 is 9.47 Å². The molecule has 0 aliphatic rings. The number of esters is 1. The number of benzene rings is 1. The van der Waals surface area contributed by atoms with Crippen LogP contribution in [0.25, 0.3) is 0 Å². The number of methoxy groups -OCH3 is 2. The first-order valence-corrected chi connectivity index (χ1v) is 5.94. The third-order valence-electron chi connectivity index (χ3n) is 2.67. The number of aliphatic hydroxyl groups is 1. The molecule has 0 heterocycles. The van der Waals surface area contributed by atoms with Crippen LogP contribution in [0.15, 0.2) is 12.1 Å². The minimum absolute atomic E-state index is 0.0381. The zero-order valence-electron chi connectivity index (χ0n) is 11.7. The molecule has 1 rings (SSSR count). The van der Waals surface area contributed by atoms with Crippen LogP contribution in [0.5, 0.6) is 11.5 Å². The summed E-state index contributed by atoms with van der Waals surface area (Å²) in [7, 11) is 2.41. The van der Waals surface area contributed by atoms with Crippen LogP contribution in [0.4, 0.5) is 13.2 Å². The number of rotatable bonds is 5. The van der Waals surface area contributed by atoms with E-state index >= 15 is 0 Å². The van der Waals surface area contributed by atoms with Gasteiger partial charge >= 0.3 is 12.1 Å². The van der Waals surface area contributed by atoms with Crippen molar-refractivity contribution in [2.75, 3.05) is 20.8 Å². The minimum atomic E-state index is -4.78. The lowest BCUT2D eigenvalue weighted by molar-refractivity contribution is -0.155. The zero-order valence-corrected chi connectivity index (χ0v) is 11.7. The van der Waals surface area contributed by atoms with Gasteiger partial charge in [0.25, 0.3) is 0 Å². The summed E-state index contributed by atoms with van der Waals surface area (Å²) in [6.45, 7) is 1.41. The maximum Gasteiger partial charge on any atom is 0.416 e. The van der Waals surface area contributed by atoms with Crippen molar-refractivity contribution in [2.24, 2.45) is 0 Å². The summed E-state index contributed by atoms with van der Waals surface area (Å²) in [5.74, 6) is -1.37. The molecule has 0 saturated heterocycles. The van der Waals surface area contributed by atoms with Crippen molar-refractivity contribution in [3.8, 4) is 11.5 Å². The number of ether oxygens (including phenoxy) is 3. The molecule has 1 aromatic rings. The normalized spacial score (nSPS) is 12.7. The van der Waals surface area contributed by atoms with Crippen molar-refractivity contribution in [3.05, 3.63) is 23.3 Å². The molecule has 0 saturated carbocycles. The van der Waals surface area contributed by atoms with E-state index in [1.165, 1.54) is 21.1 Å². The van der Waals surface area contributed by atoms with Crippen LogP contribution in [0, 0.1) is 0 Å². The van der Waals surface area contributed by atoms with E-state index in [2.05, 4.69) is 4.74 Å². The van der Waals surface area contributed by atoms with Crippen molar-refractivity contribution < 1.29 is 37.3 Å². The monoisotopic (exact) mass is 308 g/mol. The molecule has 0 aliphatic carbocycles. The highest BCUT2D eigenvalue weighted by Crippen LogP contribution is 2.41. The van der Waals surface area contributed by atoms with Crippen molar-refractivity contribution in [1.29, 1.82) is 0 Å². The molecule has 1 unspecified atom stereocenters. The molecule has 0 bridgehead atoms. The molecular formula is C13H15F3O5. The fourth-order valence-electron chi connectivity index (χ4n) is 1.71. The Kier molecular flexibility index (Phi) is 5.42. The fraction of sp³-hybridized carbons (Fsp3) is 0.462. The van der Waals surface area contributed by atoms with Gasteiger partial charge in [0.05, 0.1) is 26.4 Å². The van der Waals surface area contributed by atoms with Crippen LogP contribution in [-0.4, -0.2) is 31.9 Å². The van der Waals surface area contributed by atoms with E-state index in [-0.39, 0.29) is 18.1 Å². The molecule has 8 heteroatoms. The minimum Gasteiger partial charge on any atom is -0.493 e. The van der Waals surface area contributed by atoms with Crippen molar-refractivity contribution >= 4 is 5.97 Å². The molecule has 0 fully saturated rings. The molecule has 1 atom stereocenters. The van der Waals surface area contributed by atoms with Crippen molar-refractivity contribution in [2.45, 2.75) is 19.2 Å². The van der Waals surface area contributed by atoms with E-state index in [0.29, 0.717) is 6.07 Å². The Hall–Kier alpha value is -1.96. The summed E-state index contributed by atoms with van der Waals surface area (Å²) in [6.07, 6.45) is -6.84. The van der Waals surface area contributed by atoms with Gasteiger partial charge in [-0.1, -0.05) is 0 Å². The summed E-state index contributed by atoms with van der Waals surface area (Å²) >= 11 is 0. The Balaban J connectivity index is 3.43. The van der Waals surface area contributed by atoms with Gasteiger partial charge in [0.15, 0.2) is 17.6 Å². The first-order valence-electron chi connectivity index (χ1n) is 5.94. The quantitative estimate of drug-likeness (QED) is 0.846. The molecule has 0 aromatic heterocycles. The maximum atomic E-state index is 13.1. The summed E-state index contributed by atoms with van der Waals surface area (Å²) in [5.41, 5.74) is -1.85. The van der Waals surface area contributed by atoms with E-state index in [9.17, 15) is 23.1 Å². The van der Waals surface area contributed by atoms with E-state index in [4.69, 9.17) is 9.47 Å². The van der Waals surface area contributed by atoms with Gasteiger partial charge < -0.3 is 19.3 Å². The highest BCUT2D eigenvalue weighted by Gasteiger charge is 2.38. The lowest BCUT2D eigenvalue weighted by atomic mass is 10.0. The van der Waals surface area contributed by atoms with Crippen LogP contribution in [0.2, 0.25) is 0 Å². The van der Waals surface area contributed by atoms with E-state index in [0.717, 1.165) is 6.07 Å². The summed E-state index contributed by atoms with van der Waals surface area (Å²) < 4.78 is 53.3. The van der Waals surface area contributed by atoms with Gasteiger partial charge in [0, 0.05) is 5.56 Å². The number of carbonyl (C=O) groups is 1. The van der Waals surface area contributed by atoms with Gasteiger partial charge in [-0.25, -0.2) is 4.79 Å². The van der Waals surface area contributed by atoms with Gasteiger partial charge in [-0.3, -0.25) is 0 Å². The second-order valence-corrected chi connectivity index (χ2v) is 3.95. The van der Waals surface area contributed by atoms with Gasteiger partial charge in [-0.05, 0) is 19.1 Å². The smallest absolute Gasteiger partial charge is 0.416 e. The van der Waals surface area contributed by atoms with Crippen LogP contribution in [0.1, 0.15) is 24.2 Å². The first kappa shape index (κ1) is 17.1. The summed E-state index contributed by atoms with van der Waals surface area (Å²) in [5, 5.41) is 9.78. The van der Waals surface area contributed by atoms with E-state index in [1.807, 2.05) is 0 Å². The van der Waals surface area contributed by atoms with Crippen LogP contribution >= 0.6 is 0 Å². The van der Waals surface area contributed by atoms with E-state index in [1.54, 1.807) is 0 Å². The molecule has 0 amide bonds. The SMILES string of the molecule is CCOC(=O)C(O)c1cc(OC)c(OC)cc1C(F)(F)F. The molecule has 21 heavy (non-hydrogen) atoms. The third-order valence-corrected chi connectivity index (χ3v) is 2.67. The Labute approximate surface area is 119 Å². The number of hydrogen-bond acceptors (Lipinski definition) is 5. The first-order chi connectivity index (χ1) is 9.76. The predicted molar refractivity (Wildman–Crippen MR) is 66.1 cm³/mol. The second-order valence-electron chi connectivity index (χ2n) is 3.95. The van der Waals surface area contributed by atoms with Gasteiger partial charge in [-0.15, -0.1) is 0 Å². The largest absolute Gasteiger partial charge is 0.493 e. The standard InChI is InChI=1S/C13H15F3O5/c1-4-21-12(18)11(17)7-5-9(19-2)10(20-3)6-8(7)13(14,15)16/h5-6,11,17H,4H2,1-3H3. The van der Waals surface area contributed by atoms with Crippen molar-refractivity contribution in [1.82, 2.24) is 0 Å². The Morgan fingerprint density at radius 2 is 1.76 bits per heavy atom. The molecule has 0 aliphatic heterocycles. The van der Waals surface area contributed by atoms with Gasteiger partial charge in [0.2, 0.25) is 0 Å². The molecule has 0 radical (unpaired) electrons. The molecule has 0 spiro atoms. The number of carbonyl (C=O) groups excluding carboxylic acids is 1. The number of aliphatic hydroxyl groups excluding tert-OH is 1. The molecule has 5 nitrogen and oxygen atoms in total. The fourth-order valence-corrected chi connectivity index (χ4v) is 1.71. The maximum absolute atomic E-state index is 13.1. The number of halogens is 3. The van der Waals surface area contributed by atoms with Crippen LogP contribution in [0.3, 0.4) is 0 Å². The average Bonchev–Trinajstić information content (AvgIpc) is 2.44. The zero-order chi connectivity index (χ0) is 16.2. The lowest BCUT2D eigenvalue weighted by Crippen LogP contribution is -2.20. The molecule has 118 valence electrons. The third kappa shape index (κ3) is 3.78. The topological polar surface area (TPSA) is 65.0 Å². The molecule has 1 aromatic carbocycles. The van der Waals surface area contributed by atoms with E-state index < -0.39 is 29.4 Å². The van der Waals surface area contributed by atoms with Crippen molar-refractivity contribution in [3.63, 3.8) is 0 Å². The summed E-state index contributed by atoms with van der Waals surface area (Å²) in [4.78, 5) is 11.5. The van der Waals surface area contributed by atoms with Gasteiger partial charge in [0.1, 0.15) is 0 Å². The lowest BCUT2D eigenvalue weighted by Gasteiger charge is -2.19. The highest BCUT2D eigenvalue weighted by molar-refractivity contribution is 5.77. The van der Waals surface area contributed by atoms with Crippen LogP contribution in [-0.2, 0) is 15.7 Å². The Bertz CT molecular complexity index is 513. The number of alkyl halides is 3. The molecule has 1 N–H and O–H groups in total. The second kappa shape index (κ2) is 6.66. The Morgan fingerprint density at radius 1 is 1.24 bits per heavy atom. The average molecular weight is 308 g/mol. The Morgan fingerprint density at radius 3 is 2.19 bits per heavy atom. The van der Waals surface area contributed by atoms with Gasteiger partial charge in [-0.2, -0.15) is 13.2 Å². The summed E-state index contributed by atoms with van der Waals surface area (Å²) in [6, 6.07) is 1.57.